The molecule has 0 atom stereocenters. The molecule has 0 radical (unpaired) electrons. The Morgan fingerprint density at radius 3 is 3.29 bits per heavy atom. The SMILES string of the molecule is Cc1cnc2c(c1)OCc1nccn1-2. The maximum absolute atomic E-state index is 5.54. The summed E-state index contributed by atoms with van der Waals surface area (Å²) < 4.78 is 7.50. The van der Waals surface area contributed by atoms with E-state index in [4.69, 9.17) is 4.74 Å². The Kier molecular flexibility index (Phi) is 1.39. The van der Waals surface area contributed by atoms with E-state index in [-0.39, 0.29) is 0 Å². The normalized spacial score (nSPS) is 12.9. The largest absolute Gasteiger partial charge is 0.482 e. The monoisotopic (exact) mass is 187 g/mol. The van der Waals surface area contributed by atoms with Gasteiger partial charge in [-0.1, -0.05) is 0 Å². The van der Waals surface area contributed by atoms with Crippen molar-refractivity contribution in [2.45, 2.75) is 13.5 Å². The lowest BCUT2D eigenvalue weighted by atomic mass is 10.3. The van der Waals surface area contributed by atoms with E-state index in [0.29, 0.717) is 6.61 Å². The number of aryl methyl sites for hydroxylation is 1. The highest BCUT2D eigenvalue weighted by molar-refractivity contribution is 5.44. The number of hydrogen-bond acceptors (Lipinski definition) is 3. The van der Waals surface area contributed by atoms with Gasteiger partial charge in [-0.15, -0.1) is 0 Å². The average molecular weight is 187 g/mol. The number of aromatic nitrogens is 3. The fourth-order valence-electron chi connectivity index (χ4n) is 1.60. The van der Waals surface area contributed by atoms with E-state index >= 15 is 0 Å². The van der Waals surface area contributed by atoms with Crippen LogP contribution in [0.15, 0.2) is 24.7 Å². The molecule has 1 aliphatic rings. The van der Waals surface area contributed by atoms with Gasteiger partial charge in [0.15, 0.2) is 17.4 Å². The molecule has 0 bridgehead atoms. The maximum atomic E-state index is 5.54. The van der Waals surface area contributed by atoms with Crippen LogP contribution in [0.5, 0.6) is 5.75 Å². The Morgan fingerprint density at radius 1 is 1.43 bits per heavy atom. The van der Waals surface area contributed by atoms with Crippen LogP contribution in [-0.2, 0) is 6.61 Å². The Hall–Kier alpha value is -1.84. The Labute approximate surface area is 81.2 Å². The zero-order valence-corrected chi connectivity index (χ0v) is 7.77. The van der Waals surface area contributed by atoms with Crippen molar-refractivity contribution in [2.24, 2.45) is 0 Å². The highest BCUT2D eigenvalue weighted by Gasteiger charge is 2.17. The standard InChI is InChI=1S/C10H9N3O/c1-7-4-8-10(12-5-7)13-3-2-11-9(13)6-14-8/h2-5H,6H2,1H3. The molecule has 3 rings (SSSR count). The van der Waals surface area contributed by atoms with Gasteiger partial charge in [-0.05, 0) is 18.6 Å². The fourth-order valence-corrected chi connectivity index (χ4v) is 1.60. The van der Waals surface area contributed by atoms with Crippen LogP contribution >= 0.6 is 0 Å². The predicted molar refractivity (Wildman–Crippen MR) is 50.4 cm³/mol. The van der Waals surface area contributed by atoms with Gasteiger partial charge in [-0.2, -0.15) is 0 Å². The van der Waals surface area contributed by atoms with Crippen LogP contribution < -0.4 is 4.74 Å². The van der Waals surface area contributed by atoms with Crippen molar-refractivity contribution in [1.29, 1.82) is 0 Å². The third kappa shape index (κ3) is 0.937. The van der Waals surface area contributed by atoms with Gasteiger partial charge >= 0.3 is 0 Å². The Morgan fingerprint density at radius 2 is 2.36 bits per heavy atom. The molecule has 0 unspecified atom stereocenters. The van der Waals surface area contributed by atoms with Crippen molar-refractivity contribution in [1.82, 2.24) is 14.5 Å². The van der Waals surface area contributed by atoms with Crippen LogP contribution in [0.3, 0.4) is 0 Å². The van der Waals surface area contributed by atoms with Gasteiger partial charge in [-0.3, -0.25) is 4.57 Å². The van der Waals surface area contributed by atoms with Gasteiger partial charge in [0.05, 0.1) is 0 Å². The number of hydrogen-bond donors (Lipinski definition) is 0. The van der Waals surface area contributed by atoms with Crippen molar-refractivity contribution in [2.75, 3.05) is 0 Å². The molecule has 14 heavy (non-hydrogen) atoms. The highest BCUT2D eigenvalue weighted by atomic mass is 16.5. The predicted octanol–water partition coefficient (Wildman–Crippen LogP) is 1.47. The van der Waals surface area contributed by atoms with E-state index in [0.717, 1.165) is 23.0 Å². The molecule has 70 valence electrons. The molecule has 0 saturated heterocycles. The molecule has 0 aromatic carbocycles. The number of nitrogens with zero attached hydrogens (tertiary/aromatic N) is 3. The summed E-state index contributed by atoms with van der Waals surface area (Å²) in [6.07, 6.45) is 5.49. The number of rotatable bonds is 0. The minimum absolute atomic E-state index is 0.519. The summed E-state index contributed by atoms with van der Waals surface area (Å²) in [5.41, 5.74) is 1.10. The first kappa shape index (κ1) is 7.55. The summed E-state index contributed by atoms with van der Waals surface area (Å²) in [6, 6.07) is 1.99. The quantitative estimate of drug-likeness (QED) is 0.627. The smallest absolute Gasteiger partial charge is 0.181 e. The first-order valence-electron chi connectivity index (χ1n) is 4.46. The lowest BCUT2D eigenvalue weighted by Gasteiger charge is -2.18. The first-order valence-corrected chi connectivity index (χ1v) is 4.46. The fraction of sp³-hybridized carbons (Fsp3) is 0.200. The van der Waals surface area contributed by atoms with Crippen molar-refractivity contribution >= 4 is 0 Å². The summed E-state index contributed by atoms with van der Waals surface area (Å²) in [5.74, 6) is 2.55. The Bertz CT molecular complexity index is 490. The van der Waals surface area contributed by atoms with Gasteiger partial charge in [-0.25, -0.2) is 9.97 Å². The first-order chi connectivity index (χ1) is 6.84. The second-order valence-electron chi connectivity index (χ2n) is 3.34. The van der Waals surface area contributed by atoms with Crippen LogP contribution in [0, 0.1) is 6.92 Å². The van der Waals surface area contributed by atoms with Crippen molar-refractivity contribution in [3.05, 3.63) is 36.0 Å². The summed E-state index contributed by atoms with van der Waals surface area (Å²) in [7, 11) is 0. The zero-order valence-electron chi connectivity index (χ0n) is 7.77. The van der Waals surface area contributed by atoms with Crippen LogP contribution in [-0.4, -0.2) is 14.5 Å². The summed E-state index contributed by atoms with van der Waals surface area (Å²) in [5, 5.41) is 0. The summed E-state index contributed by atoms with van der Waals surface area (Å²) >= 11 is 0. The Balaban J connectivity index is 2.26. The maximum Gasteiger partial charge on any atom is 0.181 e. The lowest BCUT2D eigenvalue weighted by Crippen LogP contribution is -2.14. The molecule has 0 amide bonds. The van der Waals surface area contributed by atoms with E-state index in [9.17, 15) is 0 Å². The van der Waals surface area contributed by atoms with Crippen molar-refractivity contribution in [3.8, 4) is 11.6 Å². The van der Waals surface area contributed by atoms with Crippen LogP contribution in [0.1, 0.15) is 11.4 Å². The van der Waals surface area contributed by atoms with E-state index in [1.807, 2.05) is 30.0 Å². The van der Waals surface area contributed by atoms with Gasteiger partial charge in [0, 0.05) is 18.6 Å². The summed E-state index contributed by atoms with van der Waals surface area (Å²) in [6.45, 7) is 2.52. The second-order valence-corrected chi connectivity index (χ2v) is 3.34. The van der Waals surface area contributed by atoms with Crippen LogP contribution in [0.4, 0.5) is 0 Å². The van der Waals surface area contributed by atoms with Gasteiger partial charge in [0.2, 0.25) is 0 Å². The molecule has 1 aliphatic heterocycles. The highest BCUT2D eigenvalue weighted by Crippen LogP contribution is 2.27. The molecule has 0 aliphatic carbocycles. The number of imidazole rings is 1. The minimum Gasteiger partial charge on any atom is -0.482 e. The van der Waals surface area contributed by atoms with E-state index in [1.54, 1.807) is 6.20 Å². The minimum atomic E-state index is 0.519. The third-order valence-corrected chi connectivity index (χ3v) is 2.27. The molecule has 4 heteroatoms. The van der Waals surface area contributed by atoms with E-state index in [1.165, 1.54) is 0 Å². The molecule has 0 saturated carbocycles. The molecule has 4 nitrogen and oxygen atoms in total. The number of fused-ring (bicyclic) bond motifs is 3. The second kappa shape index (κ2) is 2.57. The molecule has 0 spiro atoms. The van der Waals surface area contributed by atoms with Crippen LogP contribution in [0.25, 0.3) is 5.82 Å². The molecule has 2 aromatic rings. The van der Waals surface area contributed by atoms with Gasteiger partial charge in [0.1, 0.15) is 6.61 Å². The number of pyridine rings is 1. The van der Waals surface area contributed by atoms with Gasteiger partial charge in [0.25, 0.3) is 0 Å². The zero-order chi connectivity index (χ0) is 9.54. The van der Waals surface area contributed by atoms with E-state index < -0.39 is 0 Å². The van der Waals surface area contributed by atoms with Crippen molar-refractivity contribution in [3.63, 3.8) is 0 Å². The molecular weight excluding hydrogens is 178 g/mol. The lowest BCUT2D eigenvalue weighted by molar-refractivity contribution is 0.277. The number of ether oxygens (including phenoxy) is 1. The topological polar surface area (TPSA) is 39.9 Å². The molecule has 0 fully saturated rings. The molecule has 2 aromatic heterocycles. The molecular formula is C10H9N3O. The summed E-state index contributed by atoms with van der Waals surface area (Å²) in [4.78, 5) is 8.51. The third-order valence-electron chi connectivity index (χ3n) is 2.27. The van der Waals surface area contributed by atoms with Crippen molar-refractivity contribution < 1.29 is 4.74 Å². The molecule has 3 heterocycles. The van der Waals surface area contributed by atoms with Gasteiger partial charge < -0.3 is 4.74 Å². The van der Waals surface area contributed by atoms with Crippen LogP contribution in [0.2, 0.25) is 0 Å². The average Bonchev–Trinajstić information content (AvgIpc) is 2.65. The van der Waals surface area contributed by atoms with E-state index in [2.05, 4.69) is 9.97 Å². The molecule has 0 N–H and O–H groups in total.